The van der Waals surface area contributed by atoms with E-state index in [1.165, 1.54) is 24.1 Å². The van der Waals surface area contributed by atoms with Gasteiger partial charge in [0, 0.05) is 11.4 Å². The van der Waals surface area contributed by atoms with Crippen molar-refractivity contribution in [3.05, 3.63) is 17.3 Å². The lowest BCUT2D eigenvalue weighted by atomic mass is 9.96. The number of nitrogens with zero attached hydrogens (tertiary/aromatic N) is 2. The Morgan fingerprint density at radius 2 is 2.21 bits per heavy atom. The highest BCUT2D eigenvalue weighted by molar-refractivity contribution is 7.18. The van der Waals surface area contributed by atoms with Crippen LogP contribution in [-0.4, -0.2) is 23.1 Å². The third kappa shape index (κ3) is 2.58. The molecule has 1 aliphatic carbocycles. The first-order valence-corrected chi connectivity index (χ1v) is 7.74. The van der Waals surface area contributed by atoms with Gasteiger partial charge in [-0.25, -0.2) is 9.97 Å². The molecule has 3 rings (SSSR count). The van der Waals surface area contributed by atoms with Crippen LogP contribution in [0, 0.1) is 18.8 Å². The molecule has 0 bridgehead atoms. The summed E-state index contributed by atoms with van der Waals surface area (Å²) >= 11 is 1.72. The molecule has 0 aliphatic heterocycles. The number of aromatic nitrogens is 2. The van der Waals surface area contributed by atoms with E-state index in [2.05, 4.69) is 28.3 Å². The molecule has 2 unspecified atom stereocenters. The Kier molecular flexibility index (Phi) is 3.66. The van der Waals surface area contributed by atoms with Crippen LogP contribution in [0.3, 0.4) is 0 Å². The number of aryl methyl sites for hydroxylation is 1. The number of hydrogen-bond acceptors (Lipinski definition) is 5. The van der Waals surface area contributed by atoms with E-state index in [1.54, 1.807) is 17.7 Å². The van der Waals surface area contributed by atoms with E-state index in [-0.39, 0.29) is 0 Å². The summed E-state index contributed by atoms with van der Waals surface area (Å²) in [5, 5.41) is 4.65. The minimum absolute atomic E-state index is 0.675. The lowest BCUT2D eigenvalue weighted by Gasteiger charge is -2.18. The van der Waals surface area contributed by atoms with E-state index in [0.29, 0.717) is 11.8 Å². The zero-order valence-electron chi connectivity index (χ0n) is 11.2. The standard InChI is InChI=1S/C14H20N4S/c1-9-5-12-13(17-8-18-14(12)19-9)16-7-11-4-2-3-10(11)6-15/h5,8,10-11H,2-4,6-7,15H2,1H3,(H,16,17,18). The third-order valence-electron chi connectivity index (χ3n) is 4.10. The van der Waals surface area contributed by atoms with Crippen molar-refractivity contribution in [1.29, 1.82) is 0 Å². The highest BCUT2D eigenvalue weighted by Crippen LogP contribution is 2.32. The van der Waals surface area contributed by atoms with Crippen molar-refractivity contribution in [2.24, 2.45) is 17.6 Å². The second kappa shape index (κ2) is 5.43. The molecule has 2 atom stereocenters. The Labute approximate surface area is 117 Å². The van der Waals surface area contributed by atoms with Crippen molar-refractivity contribution in [1.82, 2.24) is 9.97 Å². The molecule has 2 heterocycles. The predicted octanol–water partition coefficient (Wildman–Crippen LogP) is 2.79. The van der Waals surface area contributed by atoms with Crippen LogP contribution in [0.2, 0.25) is 0 Å². The van der Waals surface area contributed by atoms with Crippen LogP contribution in [0.5, 0.6) is 0 Å². The maximum atomic E-state index is 5.84. The van der Waals surface area contributed by atoms with Crippen LogP contribution >= 0.6 is 11.3 Å². The SMILES string of the molecule is Cc1cc2c(NCC3CCCC3CN)ncnc2s1. The lowest BCUT2D eigenvalue weighted by molar-refractivity contribution is 0.414. The normalized spacial score (nSPS) is 23.1. The van der Waals surface area contributed by atoms with Crippen LogP contribution in [-0.2, 0) is 0 Å². The van der Waals surface area contributed by atoms with Gasteiger partial charge in [0.15, 0.2) is 0 Å². The van der Waals surface area contributed by atoms with Crippen LogP contribution in [0.1, 0.15) is 24.1 Å². The first kappa shape index (κ1) is 12.8. The molecule has 1 fully saturated rings. The average molecular weight is 276 g/mol. The van der Waals surface area contributed by atoms with Gasteiger partial charge in [-0.15, -0.1) is 11.3 Å². The highest BCUT2D eigenvalue weighted by Gasteiger charge is 2.25. The second-order valence-corrected chi connectivity index (χ2v) is 6.60. The van der Waals surface area contributed by atoms with Gasteiger partial charge in [0.2, 0.25) is 0 Å². The van der Waals surface area contributed by atoms with Crippen LogP contribution in [0.4, 0.5) is 5.82 Å². The molecule has 3 N–H and O–H groups in total. The van der Waals surface area contributed by atoms with E-state index in [9.17, 15) is 0 Å². The van der Waals surface area contributed by atoms with Crippen LogP contribution in [0.15, 0.2) is 12.4 Å². The number of thiophene rings is 1. The fourth-order valence-corrected chi connectivity index (χ4v) is 3.88. The predicted molar refractivity (Wildman–Crippen MR) is 80.5 cm³/mol. The number of fused-ring (bicyclic) bond motifs is 1. The van der Waals surface area contributed by atoms with Gasteiger partial charge < -0.3 is 11.1 Å². The summed E-state index contributed by atoms with van der Waals surface area (Å²) in [6.07, 6.45) is 5.52. The average Bonchev–Trinajstić information content (AvgIpc) is 3.00. The van der Waals surface area contributed by atoms with Crippen molar-refractivity contribution in [2.75, 3.05) is 18.4 Å². The minimum atomic E-state index is 0.675. The summed E-state index contributed by atoms with van der Waals surface area (Å²) in [5.41, 5.74) is 5.84. The van der Waals surface area contributed by atoms with Crippen LogP contribution in [0.25, 0.3) is 10.2 Å². The Bertz CT molecular complexity index is 566. The molecule has 0 aromatic carbocycles. The fraction of sp³-hybridized carbons (Fsp3) is 0.571. The Morgan fingerprint density at radius 1 is 1.37 bits per heavy atom. The Balaban J connectivity index is 1.74. The zero-order chi connectivity index (χ0) is 13.2. The maximum absolute atomic E-state index is 5.84. The number of nitrogens with two attached hydrogens (primary N) is 1. The van der Waals surface area contributed by atoms with Crippen molar-refractivity contribution in [3.63, 3.8) is 0 Å². The molecule has 0 radical (unpaired) electrons. The smallest absolute Gasteiger partial charge is 0.138 e. The number of anilines is 1. The number of rotatable bonds is 4. The molecule has 2 aromatic heterocycles. The van der Waals surface area contributed by atoms with Crippen molar-refractivity contribution in [2.45, 2.75) is 26.2 Å². The van der Waals surface area contributed by atoms with Gasteiger partial charge in [-0.05, 0) is 44.2 Å². The summed E-state index contributed by atoms with van der Waals surface area (Å²) < 4.78 is 0. The molecule has 0 amide bonds. The molecule has 0 spiro atoms. The molecule has 1 aliphatic rings. The monoisotopic (exact) mass is 276 g/mol. The molecule has 1 saturated carbocycles. The van der Waals surface area contributed by atoms with E-state index in [4.69, 9.17) is 5.73 Å². The lowest BCUT2D eigenvalue weighted by Crippen LogP contribution is -2.24. The second-order valence-electron chi connectivity index (χ2n) is 5.37. The summed E-state index contributed by atoms with van der Waals surface area (Å²) in [7, 11) is 0. The van der Waals surface area contributed by atoms with E-state index >= 15 is 0 Å². The van der Waals surface area contributed by atoms with Crippen LogP contribution < -0.4 is 11.1 Å². The van der Waals surface area contributed by atoms with Gasteiger partial charge in [0.25, 0.3) is 0 Å². The third-order valence-corrected chi connectivity index (χ3v) is 5.06. The van der Waals surface area contributed by atoms with Crippen molar-refractivity contribution in [3.8, 4) is 0 Å². The molecule has 19 heavy (non-hydrogen) atoms. The summed E-state index contributed by atoms with van der Waals surface area (Å²) in [4.78, 5) is 11.0. The Hall–Kier alpha value is -1.20. The van der Waals surface area contributed by atoms with Gasteiger partial charge in [-0.2, -0.15) is 0 Å². The van der Waals surface area contributed by atoms with Gasteiger partial charge in [-0.1, -0.05) is 6.42 Å². The molecule has 2 aromatic rings. The largest absolute Gasteiger partial charge is 0.369 e. The van der Waals surface area contributed by atoms with Gasteiger partial charge in [-0.3, -0.25) is 0 Å². The minimum Gasteiger partial charge on any atom is -0.369 e. The number of nitrogens with one attached hydrogen (secondary N) is 1. The Morgan fingerprint density at radius 3 is 3.05 bits per heavy atom. The van der Waals surface area contributed by atoms with Crippen molar-refractivity contribution < 1.29 is 0 Å². The van der Waals surface area contributed by atoms with Gasteiger partial charge in [0.05, 0.1) is 5.39 Å². The van der Waals surface area contributed by atoms with E-state index in [0.717, 1.165) is 29.1 Å². The fourth-order valence-electron chi connectivity index (χ4n) is 3.04. The molecule has 0 saturated heterocycles. The molecule has 5 heteroatoms. The summed E-state index contributed by atoms with van der Waals surface area (Å²) in [6.45, 7) is 3.89. The number of hydrogen-bond donors (Lipinski definition) is 2. The zero-order valence-corrected chi connectivity index (χ0v) is 12.0. The first-order valence-electron chi connectivity index (χ1n) is 6.93. The van der Waals surface area contributed by atoms with Crippen molar-refractivity contribution >= 4 is 27.4 Å². The van der Waals surface area contributed by atoms with E-state index < -0.39 is 0 Å². The first-order chi connectivity index (χ1) is 9.28. The summed E-state index contributed by atoms with van der Waals surface area (Å²) in [5.74, 6) is 2.33. The highest BCUT2D eigenvalue weighted by atomic mass is 32.1. The van der Waals surface area contributed by atoms with Gasteiger partial charge >= 0.3 is 0 Å². The van der Waals surface area contributed by atoms with E-state index in [1.807, 2.05) is 0 Å². The molecule has 4 nitrogen and oxygen atoms in total. The molecule has 102 valence electrons. The quantitative estimate of drug-likeness (QED) is 0.901. The summed E-state index contributed by atoms with van der Waals surface area (Å²) in [6, 6.07) is 2.16. The maximum Gasteiger partial charge on any atom is 0.138 e. The van der Waals surface area contributed by atoms with Gasteiger partial charge in [0.1, 0.15) is 17.0 Å². The molecular formula is C14H20N4S. The molecular weight excluding hydrogens is 256 g/mol. The topological polar surface area (TPSA) is 63.8 Å².